The van der Waals surface area contributed by atoms with E-state index in [-0.39, 0.29) is 6.09 Å². The molecule has 0 bridgehead atoms. The summed E-state index contributed by atoms with van der Waals surface area (Å²) in [6, 6.07) is 1.86. The third kappa shape index (κ3) is 3.67. The maximum Gasteiger partial charge on any atom is 0.409 e. The second-order valence-corrected chi connectivity index (χ2v) is 9.44. The van der Waals surface area contributed by atoms with Crippen LogP contribution < -0.4 is 4.90 Å². The number of allylic oxidation sites excluding steroid dienone is 1. The van der Waals surface area contributed by atoms with Crippen LogP contribution in [0.3, 0.4) is 0 Å². The topological polar surface area (TPSA) is 97.6 Å². The number of nitrogens with zero attached hydrogens (tertiary/aromatic N) is 5. The van der Waals surface area contributed by atoms with E-state index in [2.05, 4.69) is 15.0 Å². The van der Waals surface area contributed by atoms with Crippen molar-refractivity contribution in [2.24, 2.45) is 7.05 Å². The first-order chi connectivity index (χ1) is 14.3. The monoisotopic (exact) mass is 431 g/mol. The van der Waals surface area contributed by atoms with Crippen molar-refractivity contribution in [1.29, 1.82) is 0 Å². The van der Waals surface area contributed by atoms with Gasteiger partial charge in [0.15, 0.2) is 9.84 Å². The Balaban J connectivity index is 1.71. The number of anilines is 1. The van der Waals surface area contributed by atoms with Crippen LogP contribution in [0.4, 0.5) is 10.5 Å². The molecule has 2 aliphatic rings. The molecule has 1 aliphatic carbocycles. The smallest absolute Gasteiger partial charge is 0.409 e. The third-order valence-corrected chi connectivity index (χ3v) is 6.62. The summed E-state index contributed by atoms with van der Waals surface area (Å²) in [6.45, 7) is 4.35. The number of ether oxygens (including phenoxy) is 1. The molecule has 0 atom stereocenters. The van der Waals surface area contributed by atoms with Gasteiger partial charge in [-0.25, -0.2) is 13.2 Å². The maximum absolute atomic E-state index is 12.8. The van der Waals surface area contributed by atoms with Gasteiger partial charge in [0.2, 0.25) is 0 Å². The van der Waals surface area contributed by atoms with Gasteiger partial charge in [0.25, 0.3) is 0 Å². The van der Waals surface area contributed by atoms with Crippen LogP contribution >= 0.6 is 0 Å². The lowest BCUT2D eigenvalue weighted by Crippen LogP contribution is -2.49. The Morgan fingerprint density at radius 1 is 1.23 bits per heavy atom. The molecule has 0 radical (unpaired) electrons. The highest BCUT2D eigenvalue weighted by molar-refractivity contribution is 8.00. The number of amides is 1. The Hall–Kier alpha value is -2.88. The molecule has 0 N–H and O–H groups in total. The SMILES string of the molecule is CCOC(=O)N1CCN(c2ccnc3c2C(S(C)(=O)=O)=C(c2cnn(C)c2)C3)CC1. The molecule has 10 heteroatoms. The number of aromatic nitrogens is 3. The molecule has 1 saturated heterocycles. The summed E-state index contributed by atoms with van der Waals surface area (Å²) < 4.78 is 32.4. The van der Waals surface area contributed by atoms with Gasteiger partial charge in [0, 0.05) is 75.1 Å². The average Bonchev–Trinajstić information content (AvgIpc) is 3.31. The summed E-state index contributed by atoms with van der Waals surface area (Å²) >= 11 is 0. The van der Waals surface area contributed by atoms with Crippen molar-refractivity contribution in [3.05, 3.63) is 41.5 Å². The Kier molecular flexibility index (Phi) is 5.27. The summed E-state index contributed by atoms with van der Waals surface area (Å²) in [5.74, 6) is 0. The second-order valence-electron chi connectivity index (χ2n) is 7.48. The number of hydrogen-bond donors (Lipinski definition) is 0. The Morgan fingerprint density at radius 3 is 2.57 bits per heavy atom. The zero-order valence-corrected chi connectivity index (χ0v) is 18.1. The highest BCUT2D eigenvalue weighted by atomic mass is 32.2. The molecule has 1 amide bonds. The van der Waals surface area contributed by atoms with Crippen LogP contribution in [0.15, 0.2) is 24.7 Å². The summed E-state index contributed by atoms with van der Waals surface area (Å²) in [4.78, 5) is 20.6. The predicted molar refractivity (Wildman–Crippen MR) is 114 cm³/mol. The van der Waals surface area contributed by atoms with Gasteiger partial charge in [0.05, 0.1) is 23.4 Å². The third-order valence-electron chi connectivity index (χ3n) is 5.42. The predicted octanol–water partition coefficient (Wildman–Crippen LogP) is 1.56. The molecule has 0 unspecified atom stereocenters. The Labute approximate surface area is 175 Å². The fraction of sp³-hybridized carbons (Fsp3) is 0.450. The van der Waals surface area contributed by atoms with Crippen LogP contribution in [0.25, 0.3) is 10.5 Å². The van der Waals surface area contributed by atoms with Gasteiger partial charge in [0.1, 0.15) is 0 Å². The van der Waals surface area contributed by atoms with Gasteiger partial charge in [-0.15, -0.1) is 0 Å². The van der Waals surface area contributed by atoms with Crippen LogP contribution in [0.2, 0.25) is 0 Å². The molecule has 2 aromatic heterocycles. The molecule has 160 valence electrons. The lowest BCUT2D eigenvalue weighted by Gasteiger charge is -2.36. The van der Waals surface area contributed by atoms with E-state index in [1.807, 2.05) is 12.3 Å². The van der Waals surface area contributed by atoms with E-state index < -0.39 is 9.84 Å². The summed E-state index contributed by atoms with van der Waals surface area (Å²) in [6.07, 6.45) is 6.60. The number of aryl methyl sites for hydroxylation is 1. The van der Waals surface area contributed by atoms with E-state index in [4.69, 9.17) is 4.74 Å². The first-order valence-corrected chi connectivity index (χ1v) is 11.8. The quantitative estimate of drug-likeness (QED) is 0.725. The molecule has 2 aromatic rings. The lowest BCUT2D eigenvalue weighted by atomic mass is 10.1. The number of carbonyl (C=O) groups excluding carboxylic acids is 1. The number of piperazine rings is 1. The summed E-state index contributed by atoms with van der Waals surface area (Å²) in [5, 5.41) is 4.20. The molecule has 1 fully saturated rings. The van der Waals surface area contributed by atoms with Crippen LogP contribution in [0, 0.1) is 0 Å². The van der Waals surface area contributed by atoms with Crippen molar-refractivity contribution in [3.8, 4) is 0 Å². The van der Waals surface area contributed by atoms with Crippen molar-refractivity contribution < 1.29 is 17.9 Å². The number of rotatable bonds is 4. The van der Waals surface area contributed by atoms with E-state index >= 15 is 0 Å². The van der Waals surface area contributed by atoms with Crippen LogP contribution in [0.1, 0.15) is 23.7 Å². The zero-order chi connectivity index (χ0) is 21.5. The van der Waals surface area contributed by atoms with Crippen molar-refractivity contribution in [1.82, 2.24) is 19.7 Å². The normalized spacial score (nSPS) is 16.8. The highest BCUT2D eigenvalue weighted by Crippen LogP contribution is 2.44. The first-order valence-electron chi connectivity index (χ1n) is 9.86. The van der Waals surface area contributed by atoms with Gasteiger partial charge >= 0.3 is 6.09 Å². The number of fused-ring (bicyclic) bond motifs is 1. The fourth-order valence-electron chi connectivity index (χ4n) is 4.10. The first kappa shape index (κ1) is 20.4. The molecular weight excluding hydrogens is 406 g/mol. The minimum Gasteiger partial charge on any atom is -0.450 e. The van der Waals surface area contributed by atoms with Crippen LogP contribution in [-0.4, -0.2) is 73.2 Å². The van der Waals surface area contributed by atoms with Gasteiger partial charge in [-0.2, -0.15) is 5.10 Å². The maximum atomic E-state index is 12.8. The average molecular weight is 432 g/mol. The van der Waals surface area contributed by atoms with E-state index in [1.165, 1.54) is 6.26 Å². The molecular formula is C20H25N5O4S. The van der Waals surface area contributed by atoms with Gasteiger partial charge < -0.3 is 14.5 Å². The molecule has 0 aromatic carbocycles. The van der Waals surface area contributed by atoms with E-state index in [0.717, 1.165) is 22.5 Å². The second kappa shape index (κ2) is 7.75. The number of hydrogen-bond acceptors (Lipinski definition) is 7. The van der Waals surface area contributed by atoms with E-state index in [9.17, 15) is 13.2 Å². The molecule has 9 nitrogen and oxygen atoms in total. The number of sulfone groups is 1. The Bertz CT molecular complexity index is 1110. The molecule has 0 saturated carbocycles. The summed E-state index contributed by atoms with van der Waals surface area (Å²) in [7, 11) is -1.70. The molecule has 0 spiro atoms. The van der Waals surface area contributed by atoms with E-state index in [1.54, 1.807) is 35.9 Å². The van der Waals surface area contributed by atoms with Crippen molar-refractivity contribution >= 4 is 32.1 Å². The molecule has 30 heavy (non-hydrogen) atoms. The number of carbonyl (C=O) groups is 1. The highest BCUT2D eigenvalue weighted by Gasteiger charge is 2.35. The number of pyridine rings is 1. The van der Waals surface area contributed by atoms with Gasteiger partial charge in [-0.1, -0.05) is 0 Å². The Morgan fingerprint density at radius 2 is 1.97 bits per heavy atom. The molecule has 3 heterocycles. The molecule has 1 aliphatic heterocycles. The zero-order valence-electron chi connectivity index (χ0n) is 17.3. The standard InChI is InChI=1S/C20H25N5O4S/c1-4-29-20(26)25-9-7-24(8-10-25)17-5-6-21-16-11-15(14-12-22-23(2)13-14)19(18(16)17)30(3,27)28/h5-6,12-13H,4,7-11H2,1-3H3. The van der Waals surface area contributed by atoms with Gasteiger partial charge in [-0.05, 0) is 18.6 Å². The van der Waals surface area contributed by atoms with Crippen LogP contribution in [-0.2, 0) is 28.0 Å². The lowest BCUT2D eigenvalue weighted by molar-refractivity contribution is 0.105. The van der Waals surface area contributed by atoms with E-state index in [0.29, 0.717) is 49.7 Å². The van der Waals surface area contributed by atoms with Crippen LogP contribution in [0.5, 0.6) is 0 Å². The fourth-order valence-corrected chi connectivity index (χ4v) is 5.33. The minimum absolute atomic E-state index is 0.312. The summed E-state index contributed by atoms with van der Waals surface area (Å²) in [5.41, 5.74) is 3.77. The minimum atomic E-state index is -3.51. The van der Waals surface area contributed by atoms with Crippen molar-refractivity contribution in [3.63, 3.8) is 0 Å². The largest absolute Gasteiger partial charge is 0.450 e. The van der Waals surface area contributed by atoms with Gasteiger partial charge in [-0.3, -0.25) is 9.67 Å². The molecule has 4 rings (SSSR count). The van der Waals surface area contributed by atoms with Crippen molar-refractivity contribution in [2.45, 2.75) is 13.3 Å². The van der Waals surface area contributed by atoms with Crippen molar-refractivity contribution in [2.75, 3.05) is 43.9 Å².